The van der Waals surface area contributed by atoms with Gasteiger partial charge in [-0.2, -0.15) is 0 Å². The predicted molar refractivity (Wildman–Crippen MR) is 141 cm³/mol. The molecule has 176 valence electrons. The number of aromatic nitrogens is 2. The standard InChI is InChI=1S/C29H28N4O2/c1-2-7-25(33-27(35)17-15-24-11-4-9-22-13-6-19-31-29(22)24)20-32-26(34)16-14-23-10-3-8-21-12-5-18-30-28(21)23/h3-6,8-19,25H,2,7,20H2,1H3,(H,32,34)(H,33,35)/b16-14+,17-15+. The molecule has 0 aliphatic heterocycles. The van der Waals surface area contributed by atoms with Crippen molar-refractivity contribution < 1.29 is 9.59 Å². The third-order valence-corrected chi connectivity index (χ3v) is 5.66. The normalized spacial score (nSPS) is 12.4. The van der Waals surface area contributed by atoms with Crippen LogP contribution >= 0.6 is 0 Å². The lowest BCUT2D eigenvalue weighted by Crippen LogP contribution is -2.42. The molecule has 6 nitrogen and oxygen atoms in total. The van der Waals surface area contributed by atoms with E-state index in [0.717, 1.165) is 45.8 Å². The number of carbonyl (C=O) groups is 2. The summed E-state index contributed by atoms with van der Waals surface area (Å²) in [7, 11) is 0. The van der Waals surface area contributed by atoms with Gasteiger partial charge in [0.2, 0.25) is 11.8 Å². The minimum atomic E-state index is -0.217. The minimum Gasteiger partial charge on any atom is -0.350 e. The lowest BCUT2D eigenvalue weighted by Gasteiger charge is -2.17. The summed E-state index contributed by atoms with van der Waals surface area (Å²) in [5.41, 5.74) is 3.46. The number of nitrogens with one attached hydrogen (secondary N) is 2. The first-order valence-corrected chi connectivity index (χ1v) is 11.8. The van der Waals surface area contributed by atoms with Crippen molar-refractivity contribution in [1.82, 2.24) is 20.6 Å². The van der Waals surface area contributed by atoms with E-state index >= 15 is 0 Å². The number of carbonyl (C=O) groups excluding carboxylic acids is 2. The van der Waals surface area contributed by atoms with Crippen LogP contribution in [-0.4, -0.2) is 34.4 Å². The number of hydrogen-bond acceptors (Lipinski definition) is 4. The highest BCUT2D eigenvalue weighted by molar-refractivity contribution is 5.96. The fourth-order valence-electron chi connectivity index (χ4n) is 3.96. The maximum atomic E-state index is 12.6. The Labute approximate surface area is 204 Å². The van der Waals surface area contributed by atoms with Gasteiger partial charge in [0, 0.05) is 59.0 Å². The van der Waals surface area contributed by atoms with Crippen LogP contribution in [0.3, 0.4) is 0 Å². The van der Waals surface area contributed by atoms with Crippen molar-refractivity contribution >= 4 is 45.8 Å². The second-order valence-electron chi connectivity index (χ2n) is 8.25. The summed E-state index contributed by atoms with van der Waals surface area (Å²) in [4.78, 5) is 33.8. The molecule has 6 heteroatoms. The van der Waals surface area contributed by atoms with Gasteiger partial charge in [0.25, 0.3) is 0 Å². The van der Waals surface area contributed by atoms with E-state index in [1.54, 1.807) is 24.5 Å². The van der Waals surface area contributed by atoms with Crippen LogP contribution in [0.25, 0.3) is 34.0 Å². The lowest BCUT2D eigenvalue weighted by molar-refractivity contribution is -0.119. The molecule has 1 atom stereocenters. The molecule has 2 heterocycles. The van der Waals surface area contributed by atoms with E-state index in [0.29, 0.717) is 6.54 Å². The molecule has 0 spiro atoms. The van der Waals surface area contributed by atoms with Crippen LogP contribution in [0.4, 0.5) is 0 Å². The second-order valence-corrected chi connectivity index (χ2v) is 8.25. The lowest BCUT2D eigenvalue weighted by atomic mass is 10.1. The number of fused-ring (bicyclic) bond motifs is 2. The molecule has 2 aromatic carbocycles. The highest BCUT2D eigenvalue weighted by Crippen LogP contribution is 2.18. The highest BCUT2D eigenvalue weighted by atomic mass is 16.2. The van der Waals surface area contributed by atoms with E-state index in [1.807, 2.05) is 67.6 Å². The smallest absolute Gasteiger partial charge is 0.244 e. The number of benzene rings is 2. The van der Waals surface area contributed by atoms with Gasteiger partial charge in [0.1, 0.15) is 0 Å². The Morgan fingerprint density at radius 2 is 1.34 bits per heavy atom. The number of hydrogen-bond donors (Lipinski definition) is 2. The van der Waals surface area contributed by atoms with Crippen molar-refractivity contribution in [3.63, 3.8) is 0 Å². The van der Waals surface area contributed by atoms with Crippen LogP contribution in [0.1, 0.15) is 30.9 Å². The monoisotopic (exact) mass is 464 g/mol. The Morgan fingerprint density at radius 3 is 1.91 bits per heavy atom. The maximum Gasteiger partial charge on any atom is 0.244 e. The molecule has 0 radical (unpaired) electrons. The Kier molecular flexibility index (Phi) is 7.96. The van der Waals surface area contributed by atoms with Crippen molar-refractivity contribution in [3.05, 3.63) is 96.3 Å². The molecule has 2 amide bonds. The average molecular weight is 465 g/mol. The quantitative estimate of drug-likeness (QED) is 0.345. The van der Waals surface area contributed by atoms with Gasteiger partial charge in [0.15, 0.2) is 0 Å². The number of para-hydroxylation sites is 2. The summed E-state index contributed by atoms with van der Waals surface area (Å²) in [6, 6.07) is 19.3. The van der Waals surface area contributed by atoms with Crippen LogP contribution in [0, 0.1) is 0 Å². The molecular formula is C29H28N4O2. The summed E-state index contributed by atoms with van der Waals surface area (Å²) in [5, 5.41) is 7.93. The van der Waals surface area contributed by atoms with Crippen molar-refractivity contribution in [3.8, 4) is 0 Å². The Bertz CT molecular complexity index is 1380. The van der Waals surface area contributed by atoms with Crippen LogP contribution in [0.15, 0.2) is 85.2 Å². The molecule has 2 aromatic heterocycles. The first-order chi connectivity index (χ1) is 17.1. The fourth-order valence-corrected chi connectivity index (χ4v) is 3.96. The van der Waals surface area contributed by atoms with E-state index in [2.05, 4.69) is 20.6 Å². The third kappa shape index (κ3) is 6.38. The summed E-state index contributed by atoms with van der Waals surface area (Å²) in [6.07, 6.45) is 11.7. The SMILES string of the molecule is CCCC(CNC(=O)/C=C/c1cccc2cccnc12)NC(=O)/C=C/c1cccc2cccnc12. The first kappa shape index (κ1) is 23.8. The van der Waals surface area contributed by atoms with Gasteiger partial charge in [-0.3, -0.25) is 19.6 Å². The van der Waals surface area contributed by atoms with Crippen LogP contribution in [0.5, 0.6) is 0 Å². The molecule has 0 saturated heterocycles. The zero-order valence-corrected chi connectivity index (χ0v) is 19.6. The number of nitrogens with zero attached hydrogens (tertiary/aromatic N) is 2. The van der Waals surface area contributed by atoms with Crippen LogP contribution in [0.2, 0.25) is 0 Å². The van der Waals surface area contributed by atoms with Gasteiger partial charge >= 0.3 is 0 Å². The third-order valence-electron chi connectivity index (χ3n) is 5.66. The van der Waals surface area contributed by atoms with Crippen molar-refractivity contribution in [2.45, 2.75) is 25.8 Å². The summed E-state index contributed by atoms with van der Waals surface area (Å²) < 4.78 is 0. The van der Waals surface area contributed by atoms with Gasteiger partial charge in [-0.1, -0.05) is 61.9 Å². The van der Waals surface area contributed by atoms with Gasteiger partial charge in [-0.15, -0.1) is 0 Å². The number of amides is 2. The topological polar surface area (TPSA) is 84.0 Å². The molecule has 0 bridgehead atoms. The molecule has 4 aromatic rings. The molecule has 1 unspecified atom stereocenters. The van der Waals surface area contributed by atoms with Crippen molar-refractivity contribution in [2.75, 3.05) is 6.54 Å². The molecule has 0 aliphatic rings. The molecule has 0 fully saturated rings. The van der Waals surface area contributed by atoms with E-state index in [4.69, 9.17) is 0 Å². The van der Waals surface area contributed by atoms with Gasteiger partial charge in [-0.05, 0) is 30.7 Å². The van der Waals surface area contributed by atoms with Crippen molar-refractivity contribution in [2.24, 2.45) is 0 Å². The Balaban J connectivity index is 1.34. The molecule has 0 aliphatic carbocycles. The van der Waals surface area contributed by atoms with Gasteiger partial charge in [0.05, 0.1) is 11.0 Å². The zero-order valence-electron chi connectivity index (χ0n) is 19.6. The molecule has 35 heavy (non-hydrogen) atoms. The van der Waals surface area contributed by atoms with Crippen molar-refractivity contribution in [1.29, 1.82) is 0 Å². The van der Waals surface area contributed by atoms with E-state index in [-0.39, 0.29) is 17.9 Å². The van der Waals surface area contributed by atoms with Gasteiger partial charge in [-0.25, -0.2) is 0 Å². The van der Waals surface area contributed by atoms with Gasteiger partial charge < -0.3 is 10.6 Å². The largest absolute Gasteiger partial charge is 0.350 e. The summed E-state index contributed by atoms with van der Waals surface area (Å²) in [5.74, 6) is -0.423. The first-order valence-electron chi connectivity index (χ1n) is 11.8. The predicted octanol–water partition coefficient (Wildman–Crippen LogP) is 4.91. The zero-order chi connectivity index (χ0) is 24.5. The Hall–Kier alpha value is -4.32. The molecule has 4 rings (SSSR count). The van der Waals surface area contributed by atoms with E-state index in [9.17, 15) is 9.59 Å². The second kappa shape index (κ2) is 11.7. The average Bonchev–Trinajstić information content (AvgIpc) is 2.89. The summed E-state index contributed by atoms with van der Waals surface area (Å²) in [6.45, 7) is 2.40. The fraction of sp³-hybridized carbons (Fsp3) is 0.172. The summed E-state index contributed by atoms with van der Waals surface area (Å²) >= 11 is 0. The highest BCUT2D eigenvalue weighted by Gasteiger charge is 2.11. The molecular weight excluding hydrogens is 436 g/mol. The minimum absolute atomic E-state index is 0.167. The van der Waals surface area contributed by atoms with E-state index < -0.39 is 0 Å². The maximum absolute atomic E-state index is 12.6. The molecule has 0 saturated carbocycles. The van der Waals surface area contributed by atoms with Crippen LogP contribution < -0.4 is 10.6 Å². The van der Waals surface area contributed by atoms with Crippen LogP contribution in [-0.2, 0) is 9.59 Å². The Morgan fingerprint density at radius 1 is 0.800 bits per heavy atom. The number of pyridine rings is 2. The van der Waals surface area contributed by atoms with E-state index in [1.165, 1.54) is 12.2 Å². The molecule has 2 N–H and O–H groups in total. The number of rotatable bonds is 9.